The highest BCUT2D eigenvalue weighted by atomic mass is 35.6. The van der Waals surface area contributed by atoms with E-state index < -0.39 is 47.5 Å². The summed E-state index contributed by atoms with van der Waals surface area (Å²) in [6.45, 7) is -1.45. The van der Waals surface area contributed by atoms with Gasteiger partial charge in [-0.25, -0.2) is 4.79 Å². The number of amides is 1. The van der Waals surface area contributed by atoms with E-state index in [1.807, 2.05) is 5.32 Å². The lowest BCUT2D eigenvalue weighted by Gasteiger charge is -2.26. The van der Waals surface area contributed by atoms with Crippen molar-refractivity contribution in [3.63, 3.8) is 0 Å². The Balaban J connectivity index is 4.46. The van der Waals surface area contributed by atoms with Crippen LogP contribution in [0, 0.1) is 0 Å². The fraction of sp³-hybridized carbons (Fsp3) is 0.778. The van der Waals surface area contributed by atoms with Gasteiger partial charge in [-0.05, 0) is 0 Å². The van der Waals surface area contributed by atoms with Gasteiger partial charge in [0.25, 0.3) is 0 Å². The largest absolute Gasteiger partial charge is 0.445 e. The van der Waals surface area contributed by atoms with Crippen molar-refractivity contribution in [3.05, 3.63) is 0 Å². The molecule has 8 nitrogen and oxygen atoms in total. The molecule has 1 amide bonds. The van der Waals surface area contributed by atoms with Gasteiger partial charge in [0, 0.05) is 0 Å². The van der Waals surface area contributed by atoms with Crippen LogP contribution < -0.4 is 5.32 Å². The first-order chi connectivity index (χ1) is 9.12. The third kappa shape index (κ3) is 7.44. The van der Waals surface area contributed by atoms with Crippen molar-refractivity contribution in [1.29, 1.82) is 0 Å². The molecule has 4 unspecified atom stereocenters. The first-order valence-electron chi connectivity index (χ1n) is 5.22. The molecule has 0 rings (SSSR count). The van der Waals surface area contributed by atoms with Crippen LogP contribution in [0.3, 0.4) is 0 Å². The molecule has 5 N–H and O–H groups in total. The van der Waals surface area contributed by atoms with E-state index in [-0.39, 0.29) is 6.29 Å². The molecule has 0 radical (unpaired) electrons. The van der Waals surface area contributed by atoms with Crippen molar-refractivity contribution >= 4 is 47.2 Å². The second kappa shape index (κ2) is 8.83. The average Bonchev–Trinajstić information content (AvgIpc) is 2.39. The third-order valence-electron chi connectivity index (χ3n) is 2.10. The topological polar surface area (TPSA) is 136 Å². The normalized spacial score (nSPS) is 17.8. The van der Waals surface area contributed by atoms with Crippen molar-refractivity contribution in [2.75, 3.05) is 13.2 Å². The van der Waals surface area contributed by atoms with Gasteiger partial charge in [-0.3, -0.25) is 0 Å². The predicted octanol–water partition coefficient (Wildman–Crippen LogP) is -1.27. The van der Waals surface area contributed by atoms with Gasteiger partial charge in [0.05, 0.1) is 6.61 Å². The molecule has 20 heavy (non-hydrogen) atoms. The van der Waals surface area contributed by atoms with Gasteiger partial charge in [0.15, 0.2) is 0 Å². The van der Waals surface area contributed by atoms with E-state index in [9.17, 15) is 19.8 Å². The van der Waals surface area contributed by atoms with Crippen LogP contribution in [0.5, 0.6) is 0 Å². The number of carbonyl (C=O) groups is 2. The van der Waals surface area contributed by atoms with Crippen molar-refractivity contribution < 1.29 is 34.8 Å². The number of hydrogen-bond donors (Lipinski definition) is 5. The number of carbonyl (C=O) groups excluding carboxylic acids is 2. The van der Waals surface area contributed by atoms with E-state index in [1.165, 1.54) is 0 Å². The minimum absolute atomic E-state index is 0.106. The lowest BCUT2D eigenvalue weighted by atomic mass is 10.0. The lowest BCUT2D eigenvalue weighted by molar-refractivity contribution is -0.120. The molecule has 0 saturated carbocycles. The van der Waals surface area contributed by atoms with Crippen LogP contribution in [0.15, 0.2) is 0 Å². The predicted molar refractivity (Wildman–Crippen MR) is 69.7 cm³/mol. The summed E-state index contributed by atoms with van der Waals surface area (Å²) in [6.07, 6.45) is -6.49. The van der Waals surface area contributed by atoms with Gasteiger partial charge in [-0.1, -0.05) is 34.8 Å². The van der Waals surface area contributed by atoms with Gasteiger partial charge in [0.2, 0.25) is 3.79 Å². The van der Waals surface area contributed by atoms with Crippen LogP contribution in [-0.2, 0) is 9.53 Å². The number of rotatable bonds is 7. The Bertz CT molecular complexity index is 325. The lowest BCUT2D eigenvalue weighted by Crippen LogP contribution is -2.53. The third-order valence-corrected chi connectivity index (χ3v) is 2.42. The van der Waals surface area contributed by atoms with Gasteiger partial charge in [-0.15, -0.1) is 0 Å². The van der Waals surface area contributed by atoms with E-state index in [4.69, 9.17) is 45.0 Å². The summed E-state index contributed by atoms with van der Waals surface area (Å²) >= 11 is 16.0. The quantitative estimate of drug-likeness (QED) is 0.284. The standard InChI is InChI=1S/C9H14Cl3NO7/c10-9(11,12)3-20-8(19)13-4(1-14)6(17)7(18)5(16)2-15/h1,4-7,15-18H,2-3H2,(H,13,19). The first kappa shape index (κ1) is 19.7. The molecule has 0 heterocycles. The number of alkyl halides is 3. The second-order valence-corrected chi connectivity index (χ2v) is 6.24. The smallest absolute Gasteiger partial charge is 0.407 e. The number of alkyl carbamates (subject to hydrolysis) is 1. The summed E-state index contributed by atoms with van der Waals surface area (Å²) in [5.74, 6) is 0. The van der Waals surface area contributed by atoms with Gasteiger partial charge < -0.3 is 35.3 Å². The molecule has 0 fully saturated rings. The van der Waals surface area contributed by atoms with Crippen molar-refractivity contribution in [2.45, 2.75) is 28.1 Å². The molecule has 4 atom stereocenters. The number of ether oxygens (including phenoxy) is 1. The average molecular weight is 355 g/mol. The van der Waals surface area contributed by atoms with E-state index in [1.54, 1.807) is 0 Å². The summed E-state index contributed by atoms with van der Waals surface area (Å²) in [5.41, 5.74) is 0. The summed E-state index contributed by atoms with van der Waals surface area (Å²) in [4.78, 5) is 22.0. The highest BCUT2D eigenvalue weighted by molar-refractivity contribution is 6.67. The molecule has 0 aromatic rings. The van der Waals surface area contributed by atoms with E-state index >= 15 is 0 Å². The van der Waals surface area contributed by atoms with Crippen LogP contribution in [0.2, 0.25) is 0 Å². The number of nitrogens with one attached hydrogen (secondary N) is 1. The van der Waals surface area contributed by atoms with Crippen LogP contribution in [0.1, 0.15) is 0 Å². The Kier molecular flexibility index (Phi) is 8.68. The molecule has 0 aromatic heterocycles. The van der Waals surface area contributed by atoms with Crippen LogP contribution in [-0.4, -0.2) is 74.2 Å². The fourth-order valence-electron chi connectivity index (χ4n) is 1.07. The zero-order chi connectivity index (χ0) is 15.9. The van der Waals surface area contributed by atoms with E-state index in [2.05, 4.69) is 4.74 Å². The zero-order valence-electron chi connectivity index (χ0n) is 9.95. The Morgan fingerprint density at radius 2 is 1.80 bits per heavy atom. The van der Waals surface area contributed by atoms with Gasteiger partial charge in [-0.2, -0.15) is 0 Å². The number of aliphatic hydroxyl groups excluding tert-OH is 4. The van der Waals surface area contributed by atoms with Crippen molar-refractivity contribution in [3.8, 4) is 0 Å². The maximum absolute atomic E-state index is 11.3. The van der Waals surface area contributed by atoms with Gasteiger partial charge >= 0.3 is 6.09 Å². The molecule has 0 bridgehead atoms. The summed E-state index contributed by atoms with van der Waals surface area (Å²) in [5, 5.41) is 38.5. The number of halogens is 3. The minimum atomic E-state index is -1.87. The van der Waals surface area contributed by atoms with E-state index in [0.717, 1.165) is 0 Å². The van der Waals surface area contributed by atoms with Crippen molar-refractivity contribution in [2.24, 2.45) is 0 Å². The fourth-order valence-corrected chi connectivity index (χ4v) is 1.24. The monoisotopic (exact) mass is 353 g/mol. The Morgan fingerprint density at radius 3 is 2.20 bits per heavy atom. The molecule has 118 valence electrons. The SMILES string of the molecule is O=CC(NC(=O)OCC(Cl)(Cl)Cl)C(O)C(O)C(O)CO. The summed E-state index contributed by atoms with van der Waals surface area (Å²) in [6, 6.07) is -1.59. The number of aldehydes is 1. The van der Waals surface area contributed by atoms with Crippen LogP contribution >= 0.6 is 34.8 Å². The van der Waals surface area contributed by atoms with Crippen LogP contribution in [0.25, 0.3) is 0 Å². The molecule has 0 spiro atoms. The minimum Gasteiger partial charge on any atom is -0.445 e. The molecular formula is C9H14Cl3NO7. The Labute approximate surface area is 129 Å². The Hall–Kier alpha value is -0.350. The molecule has 11 heteroatoms. The maximum Gasteiger partial charge on any atom is 0.407 e. The summed E-state index contributed by atoms with van der Waals surface area (Å²) in [7, 11) is 0. The maximum atomic E-state index is 11.3. The molecule has 0 aliphatic carbocycles. The first-order valence-corrected chi connectivity index (χ1v) is 6.36. The highest BCUT2D eigenvalue weighted by Gasteiger charge is 2.32. The molecule has 0 aliphatic rings. The second-order valence-electron chi connectivity index (χ2n) is 3.73. The zero-order valence-corrected chi connectivity index (χ0v) is 12.2. The summed E-state index contributed by atoms with van der Waals surface area (Å²) < 4.78 is 2.60. The van der Waals surface area contributed by atoms with Gasteiger partial charge in [0.1, 0.15) is 37.2 Å². The number of hydrogen-bond acceptors (Lipinski definition) is 7. The highest BCUT2D eigenvalue weighted by Crippen LogP contribution is 2.25. The molecule has 0 aliphatic heterocycles. The van der Waals surface area contributed by atoms with Crippen LogP contribution in [0.4, 0.5) is 4.79 Å². The van der Waals surface area contributed by atoms with E-state index in [0.29, 0.717) is 0 Å². The Morgan fingerprint density at radius 1 is 1.25 bits per heavy atom. The molecule has 0 aromatic carbocycles. The molecule has 0 saturated heterocycles. The molecular weight excluding hydrogens is 340 g/mol. The number of aliphatic hydroxyl groups is 4. The van der Waals surface area contributed by atoms with Crippen molar-refractivity contribution in [1.82, 2.24) is 5.32 Å².